The second-order valence-electron chi connectivity index (χ2n) is 3.96. The van der Waals surface area contributed by atoms with Crippen LogP contribution in [0.5, 0.6) is 0 Å². The number of aliphatic hydroxyl groups excluding tert-OH is 1. The van der Waals surface area contributed by atoms with Gasteiger partial charge in [0.25, 0.3) is 0 Å². The molecule has 0 aliphatic heterocycles. The average Bonchev–Trinajstić information content (AvgIpc) is 2.63. The van der Waals surface area contributed by atoms with Gasteiger partial charge in [0.1, 0.15) is 0 Å². The molecule has 1 aromatic carbocycles. The zero-order chi connectivity index (χ0) is 10.8. The standard InChI is InChI=1S/C12H15NOS/c1-13(2)8-11(14)10-5-3-4-9-6-7-15-12(9)10/h3-7,11,14H,8H2,1-2H3. The largest absolute Gasteiger partial charge is 0.387 e. The van der Waals surface area contributed by atoms with Crippen LogP contribution in [0, 0.1) is 0 Å². The Morgan fingerprint density at radius 2 is 2.13 bits per heavy atom. The molecule has 1 heterocycles. The van der Waals surface area contributed by atoms with Gasteiger partial charge in [-0.05, 0) is 36.5 Å². The number of likely N-dealkylation sites (N-methyl/N-ethyl adjacent to an activating group) is 1. The van der Waals surface area contributed by atoms with E-state index in [1.54, 1.807) is 11.3 Å². The van der Waals surface area contributed by atoms with Crippen LogP contribution in [0.25, 0.3) is 10.1 Å². The second kappa shape index (κ2) is 4.31. The average molecular weight is 221 g/mol. The Morgan fingerprint density at radius 1 is 1.33 bits per heavy atom. The lowest BCUT2D eigenvalue weighted by Crippen LogP contribution is -2.19. The number of fused-ring (bicyclic) bond motifs is 1. The van der Waals surface area contributed by atoms with E-state index in [4.69, 9.17) is 0 Å². The van der Waals surface area contributed by atoms with Crippen molar-refractivity contribution in [1.29, 1.82) is 0 Å². The Labute approximate surface area is 93.8 Å². The van der Waals surface area contributed by atoms with Gasteiger partial charge in [-0.2, -0.15) is 0 Å². The molecule has 1 N–H and O–H groups in total. The first-order chi connectivity index (χ1) is 7.18. The normalized spacial score (nSPS) is 13.6. The first-order valence-corrected chi connectivity index (χ1v) is 5.85. The van der Waals surface area contributed by atoms with Crippen molar-refractivity contribution in [1.82, 2.24) is 4.90 Å². The van der Waals surface area contributed by atoms with Crippen molar-refractivity contribution >= 4 is 21.4 Å². The molecule has 1 aromatic heterocycles. The summed E-state index contributed by atoms with van der Waals surface area (Å²) in [5.74, 6) is 0. The molecule has 0 bridgehead atoms. The molecule has 0 spiro atoms. The van der Waals surface area contributed by atoms with Crippen LogP contribution in [0.1, 0.15) is 11.7 Å². The van der Waals surface area contributed by atoms with Gasteiger partial charge < -0.3 is 10.0 Å². The maximum absolute atomic E-state index is 10.1. The van der Waals surface area contributed by atoms with E-state index in [0.29, 0.717) is 6.54 Å². The van der Waals surface area contributed by atoms with Crippen LogP contribution < -0.4 is 0 Å². The van der Waals surface area contributed by atoms with Crippen LogP contribution in [0.2, 0.25) is 0 Å². The van der Waals surface area contributed by atoms with Crippen LogP contribution in [-0.2, 0) is 0 Å². The summed E-state index contributed by atoms with van der Waals surface area (Å²) >= 11 is 1.69. The molecule has 0 saturated carbocycles. The smallest absolute Gasteiger partial charge is 0.0930 e. The van der Waals surface area contributed by atoms with E-state index < -0.39 is 6.10 Å². The molecule has 1 unspecified atom stereocenters. The van der Waals surface area contributed by atoms with Gasteiger partial charge in [-0.3, -0.25) is 0 Å². The van der Waals surface area contributed by atoms with E-state index in [1.165, 1.54) is 10.1 Å². The summed E-state index contributed by atoms with van der Waals surface area (Å²) in [6, 6.07) is 8.18. The predicted octanol–water partition coefficient (Wildman–Crippen LogP) is 2.50. The number of hydrogen-bond donors (Lipinski definition) is 1. The van der Waals surface area contributed by atoms with Gasteiger partial charge in [-0.25, -0.2) is 0 Å². The first kappa shape index (κ1) is 10.6. The minimum absolute atomic E-state index is 0.401. The first-order valence-electron chi connectivity index (χ1n) is 4.97. The lowest BCUT2D eigenvalue weighted by atomic mass is 10.1. The molecule has 2 rings (SSSR count). The summed E-state index contributed by atoms with van der Waals surface area (Å²) in [5.41, 5.74) is 1.04. The fraction of sp³-hybridized carbons (Fsp3) is 0.333. The van der Waals surface area contributed by atoms with Gasteiger partial charge in [0.2, 0.25) is 0 Å². The minimum atomic E-state index is -0.401. The number of hydrogen-bond acceptors (Lipinski definition) is 3. The Bertz CT molecular complexity index is 450. The van der Waals surface area contributed by atoms with Crippen LogP contribution in [0.4, 0.5) is 0 Å². The number of rotatable bonds is 3. The highest BCUT2D eigenvalue weighted by molar-refractivity contribution is 7.17. The maximum Gasteiger partial charge on any atom is 0.0930 e. The third-order valence-electron chi connectivity index (χ3n) is 2.41. The van der Waals surface area contributed by atoms with Crippen molar-refractivity contribution in [3.8, 4) is 0 Å². The molecule has 2 aromatic rings. The molecule has 15 heavy (non-hydrogen) atoms. The van der Waals surface area contributed by atoms with Crippen molar-refractivity contribution < 1.29 is 5.11 Å². The third kappa shape index (κ3) is 2.20. The fourth-order valence-electron chi connectivity index (χ4n) is 1.72. The van der Waals surface area contributed by atoms with E-state index in [9.17, 15) is 5.11 Å². The molecule has 0 radical (unpaired) electrons. The molecule has 3 heteroatoms. The van der Waals surface area contributed by atoms with Gasteiger partial charge in [0.05, 0.1) is 6.10 Å². The lowest BCUT2D eigenvalue weighted by molar-refractivity contribution is 0.140. The molecule has 80 valence electrons. The van der Waals surface area contributed by atoms with Gasteiger partial charge in [0.15, 0.2) is 0 Å². The van der Waals surface area contributed by atoms with Crippen molar-refractivity contribution in [2.24, 2.45) is 0 Å². The number of benzene rings is 1. The van der Waals surface area contributed by atoms with E-state index >= 15 is 0 Å². The Morgan fingerprint density at radius 3 is 2.87 bits per heavy atom. The SMILES string of the molecule is CN(C)CC(O)c1cccc2ccsc12. The van der Waals surface area contributed by atoms with E-state index in [0.717, 1.165) is 5.56 Å². The molecule has 0 fully saturated rings. The maximum atomic E-state index is 10.1. The molecule has 0 aliphatic rings. The molecular weight excluding hydrogens is 206 g/mol. The number of thiophene rings is 1. The molecule has 1 atom stereocenters. The van der Waals surface area contributed by atoms with Crippen molar-refractivity contribution in [3.63, 3.8) is 0 Å². The van der Waals surface area contributed by atoms with Crippen molar-refractivity contribution in [2.75, 3.05) is 20.6 Å². The fourth-order valence-corrected chi connectivity index (χ4v) is 2.69. The van der Waals surface area contributed by atoms with Crippen LogP contribution in [-0.4, -0.2) is 30.6 Å². The van der Waals surface area contributed by atoms with Gasteiger partial charge in [0, 0.05) is 11.2 Å². The summed E-state index contributed by atoms with van der Waals surface area (Å²) in [6.45, 7) is 0.664. The second-order valence-corrected chi connectivity index (χ2v) is 4.88. The summed E-state index contributed by atoms with van der Waals surface area (Å²) in [7, 11) is 3.94. The van der Waals surface area contributed by atoms with Gasteiger partial charge >= 0.3 is 0 Å². The zero-order valence-corrected chi connectivity index (χ0v) is 9.79. The van der Waals surface area contributed by atoms with E-state index in [2.05, 4.69) is 17.5 Å². The van der Waals surface area contributed by atoms with Crippen LogP contribution in [0.3, 0.4) is 0 Å². The Hall–Kier alpha value is -0.900. The van der Waals surface area contributed by atoms with Crippen molar-refractivity contribution in [2.45, 2.75) is 6.10 Å². The van der Waals surface area contributed by atoms with E-state index in [1.807, 2.05) is 31.1 Å². The third-order valence-corrected chi connectivity index (χ3v) is 3.39. The topological polar surface area (TPSA) is 23.5 Å². The molecule has 0 aliphatic carbocycles. The van der Waals surface area contributed by atoms with Gasteiger partial charge in [-0.1, -0.05) is 18.2 Å². The predicted molar refractivity (Wildman–Crippen MR) is 65.3 cm³/mol. The quantitative estimate of drug-likeness (QED) is 0.860. The van der Waals surface area contributed by atoms with Crippen LogP contribution in [0.15, 0.2) is 29.6 Å². The number of aliphatic hydroxyl groups is 1. The molecule has 0 amide bonds. The monoisotopic (exact) mass is 221 g/mol. The zero-order valence-electron chi connectivity index (χ0n) is 8.97. The minimum Gasteiger partial charge on any atom is -0.387 e. The van der Waals surface area contributed by atoms with Crippen molar-refractivity contribution in [3.05, 3.63) is 35.2 Å². The summed E-state index contributed by atoms with van der Waals surface area (Å²) in [4.78, 5) is 2.00. The Kier molecular flexibility index (Phi) is 3.05. The molecular formula is C12H15NOS. The highest BCUT2D eigenvalue weighted by Gasteiger charge is 2.12. The summed E-state index contributed by atoms with van der Waals surface area (Å²) in [6.07, 6.45) is -0.401. The Balaban J connectivity index is 2.38. The highest BCUT2D eigenvalue weighted by Crippen LogP contribution is 2.29. The highest BCUT2D eigenvalue weighted by atomic mass is 32.1. The van der Waals surface area contributed by atoms with Crippen LogP contribution >= 0.6 is 11.3 Å². The molecule has 2 nitrogen and oxygen atoms in total. The summed E-state index contributed by atoms with van der Waals surface area (Å²) in [5, 5.41) is 13.4. The van der Waals surface area contributed by atoms with Gasteiger partial charge in [-0.15, -0.1) is 11.3 Å². The molecule has 0 saturated heterocycles. The lowest BCUT2D eigenvalue weighted by Gasteiger charge is -2.16. The van der Waals surface area contributed by atoms with E-state index in [-0.39, 0.29) is 0 Å². The summed E-state index contributed by atoms with van der Waals surface area (Å²) < 4.78 is 1.20. The number of nitrogens with zero attached hydrogens (tertiary/aromatic N) is 1.